The van der Waals surface area contributed by atoms with E-state index in [1.54, 1.807) is 0 Å². The summed E-state index contributed by atoms with van der Waals surface area (Å²) in [5.74, 6) is -0.0411. The molecule has 0 N–H and O–H groups in total. The Labute approximate surface area is 156 Å². The first kappa shape index (κ1) is 21.2. The van der Waals surface area contributed by atoms with Gasteiger partial charge in [-0.3, -0.25) is 4.79 Å². The molecule has 0 atom stereocenters. The molecule has 24 heavy (non-hydrogen) atoms. The lowest BCUT2D eigenvalue weighted by Crippen LogP contribution is -2.03. The number of carbonyl (C=O) groups is 1. The van der Waals surface area contributed by atoms with Crippen molar-refractivity contribution < 1.29 is 9.53 Å². The van der Waals surface area contributed by atoms with Gasteiger partial charge in [0.2, 0.25) is 0 Å². The Balaban J connectivity index is 1.80. The van der Waals surface area contributed by atoms with E-state index in [0.29, 0.717) is 13.0 Å². The number of carbonyl (C=O) groups excluding carboxylic acids is 1. The van der Waals surface area contributed by atoms with Crippen LogP contribution in [0.5, 0.6) is 0 Å². The number of rotatable bonds is 14. The molecule has 0 aliphatic heterocycles. The van der Waals surface area contributed by atoms with Gasteiger partial charge in [0.25, 0.3) is 0 Å². The molecule has 0 saturated carbocycles. The van der Waals surface area contributed by atoms with Gasteiger partial charge in [0.05, 0.1) is 6.61 Å². The van der Waals surface area contributed by atoms with Crippen LogP contribution in [0.15, 0.2) is 28.7 Å². The molecule has 1 aromatic carbocycles. The number of hydrogen-bond donors (Lipinski definition) is 0. The van der Waals surface area contributed by atoms with E-state index in [4.69, 9.17) is 4.74 Å². The van der Waals surface area contributed by atoms with Crippen LogP contribution >= 0.6 is 15.9 Å². The second-order valence-electron chi connectivity index (χ2n) is 6.47. The van der Waals surface area contributed by atoms with Crippen molar-refractivity contribution in [2.24, 2.45) is 0 Å². The standard InChI is InChI=1S/C21H33BrO2/c1-2-24-21(23)14-12-10-8-6-4-3-5-7-9-11-13-19-15-17-20(22)18-16-19/h15-18H,2-14H2,1H3. The van der Waals surface area contributed by atoms with Gasteiger partial charge < -0.3 is 4.74 Å². The summed E-state index contributed by atoms with van der Waals surface area (Å²) in [6.45, 7) is 2.36. The quantitative estimate of drug-likeness (QED) is 0.254. The number of unbranched alkanes of at least 4 members (excludes halogenated alkanes) is 9. The van der Waals surface area contributed by atoms with Crippen molar-refractivity contribution in [1.82, 2.24) is 0 Å². The smallest absolute Gasteiger partial charge is 0.305 e. The van der Waals surface area contributed by atoms with Crippen molar-refractivity contribution in [3.8, 4) is 0 Å². The highest BCUT2D eigenvalue weighted by Crippen LogP contribution is 2.15. The molecular formula is C21H33BrO2. The van der Waals surface area contributed by atoms with Gasteiger partial charge in [0.15, 0.2) is 0 Å². The zero-order chi connectivity index (χ0) is 17.5. The van der Waals surface area contributed by atoms with Gasteiger partial charge in [-0.15, -0.1) is 0 Å². The fourth-order valence-electron chi connectivity index (χ4n) is 2.90. The Morgan fingerprint density at radius 3 is 1.88 bits per heavy atom. The molecule has 0 unspecified atom stereocenters. The molecule has 0 aliphatic carbocycles. The molecule has 0 aromatic heterocycles. The number of benzene rings is 1. The summed E-state index contributed by atoms with van der Waals surface area (Å²) in [6, 6.07) is 8.68. The minimum atomic E-state index is -0.0411. The highest BCUT2D eigenvalue weighted by molar-refractivity contribution is 9.10. The summed E-state index contributed by atoms with van der Waals surface area (Å²) in [4.78, 5) is 11.2. The molecule has 136 valence electrons. The van der Waals surface area contributed by atoms with Crippen LogP contribution in [-0.4, -0.2) is 12.6 Å². The Morgan fingerprint density at radius 1 is 0.833 bits per heavy atom. The van der Waals surface area contributed by atoms with E-state index < -0.39 is 0 Å². The van der Waals surface area contributed by atoms with Crippen molar-refractivity contribution >= 4 is 21.9 Å². The first-order chi connectivity index (χ1) is 11.7. The minimum Gasteiger partial charge on any atom is -0.466 e. The average molecular weight is 397 g/mol. The SMILES string of the molecule is CCOC(=O)CCCCCCCCCCCCc1ccc(Br)cc1. The fourth-order valence-corrected chi connectivity index (χ4v) is 3.16. The van der Waals surface area contributed by atoms with Gasteiger partial charge in [-0.2, -0.15) is 0 Å². The number of halogens is 1. The summed E-state index contributed by atoms with van der Waals surface area (Å²) in [5, 5.41) is 0. The number of ether oxygens (including phenoxy) is 1. The Morgan fingerprint density at radius 2 is 1.33 bits per heavy atom. The van der Waals surface area contributed by atoms with E-state index >= 15 is 0 Å². The molecule has 3 heteroatoms. The number of hydrogen-bond acceptors (Lipinski definition) is 2. The average Bonchev–Trinajstić information content (AvgIpc) is 2.57. The summed E-state index contributed by atoms with van der Waals surface area (Å²) in [7, 11) is 0. The fraction of sp³-hybridized carbons (Fsp3) is 0.667. The molecule has 0 amide bonds. The minimum absolute atomic E-state index is 0.0411. The molecular weight excluding hydrogens is 364 g/mol. The van der Waals surface area contributed by atoms with E-state index in [1.807, 2.05) is 6.92 Å². The van der Waals surface area contributed by atoms with Crippen LogP contribution < -0.4 is 0 Å². The van der Waals surface area contributed by atoms with Crippen LogP contribution in [0.4, 0.5) is 0 Å². The Hall–Kier alpha value is -0.830. The van der Waals surface area contributed by atoms with E-state index in [1.165, 1.54) is 63.4 Å². The highest BCUT2D eigenvalue weighted by Gasteiger charge is 2.00. The van der Waals surface area contributed by atoms with E-state index in [2.05, 4.69) is 40.2 Å². The van der Waals surface area contributed by atoms with Gasteiger partial charge in [-0.25, -0.2) is 0 Å². The van der Waals surface area contributed by atoms with E-state index in [0.717, 1.165) is 17.3 Å². The lowest BCUT2D eigenvalue weighted by atomic mass is 10.0. The topological polar surface area (TPSA) is 26.3 Å². The molecule has 0 spiro atoms. The molecule has 1 rings (SSSR count). The van der Waals surface area contributed by atoms with Gasteiger partial charge in [0.1, 0.15) is 0 Å². The highest BCUT2D eigenvalue weighted by atomic mass is 79.9. The molecule has 0 bridgehead atoms. The largest absolute Gasteiger partial charge is 0.466 e. The maximum absolute atomic E-state index is 11.2. The second kappa shape index (κ2) is 14.5. The summed E-state index contributed by atoms with van der Waals surface area (Å²) >= 11 is 3.47. The summed E-state index contributed by atoms with van der Waals surface area (Å²) in [6.07, 6.45) is 14.6. The third kappa shape index (κ3) is 11.7. The molecule has 2 nitrogen and oxygen atoms in total. The normalized spacial score (nSPS) is 10.8. The molecule has 1 aromatic rings. The zero-order valence-corrected chi connectivity index (χ0v) is 16.8. The number of aryl methyl sites for hydroxylation is 1. The van der Waals surface area contributed by atoms with Crippen molar-refractivity contribution in [2.45, 2.75) is 84.0 Å². The van der Waals surface area contributed by atoms with Crippen molar-refractivity contribution in [3.05, 3.63) is 34.3 Å². The molecule has 0 aliphatic rings. The third-order valence-corrected chi connectivity index (χ3v) is 4.84. The molecule has 0 heterocycles. The first-order valence-electron chi connectivity index (χ1n) is 9.62. The second-order valence-corrected chi connectivity index (χ2v) is 7.38. The van der Waals surface area contributed by atoms with Crippen LogP contribution in [0.3, 0.4) is 0 Å². The lowest BCUT2D eigenvalue weighted by molar-refractivity contribution is -0.143. The Kier molecular flexibility index (Phi) is 12.8. The van der Waals surface area contributed by atoms with Crippen LogP contribution in [-0.2, 0) is 16.0 Å². The maximum atomic E-state index is 11.2. The van der Waals surface area contributed by atoms with Gasteiger partial charge >= 0.3 is 5.97 Å². The van der Waals surface area contributed by atoms with Crippen LogP contribution in [0.1, 0.15) is 83.1 Å². The zero-order valence-electron chi connectivity index (χ0n) is 15.2. The lowest BCUT2D eigenvalue weighted by Gasteiger charge is -2.04. The van der Waals surface area contributed by atoms with Crippen LogP contribution in [0.2, 0.25) is 0 Å². The molecule has 0 saturated heterocycles. The monoisotopic (exact) mass is 396 g/mol. The predicted octanol–water partition coefficient (Wildman–Crippen LogP) is 6.85. The molecule has 0 fully saturated rings. The van der Waals surface area contributed by atoms with Crippen molar-refractivity contribution in [2.75, 3.05) is 6.61 Å². The number of esters is 1. The van der Waals surface area contributed by atoms with E-state index in [-0.39, 0.29) is 5.97 Å². The van der Waals surface area contributed by atoms with Gasteiger partial charge in [0, 0.05) is 10.9 Å². The first-order valence-corrected chi connectivity index (χ1v) is 10.4. The van der Waals surface area contributed by atoms with Crippen LogP contribution in [0.25, 0.3) is 0 Å². The predicted molar refractivity (Wildman–Crippen MR) is 105 cm³/mol. The Bertz CT molecular complexity index is 428. The van der Waals surface area contributed by atoms with E-state index in [9.17, 15) is 4.79 Å². The summed E-state index contributed by atoms with van der Waals surface area (Å²) < 4.78 is 6.09. The van der Waals surface area contributed by atoms with Gasteiger partial charge in [-0.05, 0) is 43.9 Å². The maximum Gasteiger partial charge on any atom is 0.305 e. The molecule has 0 radical (unpaired) electrons. The summed E-state index contributed by atoms with van der Waals surface area (Å²) in [5.41, 5.74) is 1.45. The van der Waals surface area contributed by atoms with Crippen LogP contribution in [0, 0.1) is 0 Å². The van der Waals surface area contributed by atoms with Crippen molar-refractivity contribution in [1.29, 1.82) is 0 Å². The third-order valence-electron chi connectivity index (χ3n) is 4.31. The van der Waals surface area contributed by atoms with Gasteiger partial charge in [-0.1, -0.05) is 79.4 Å². The van der Waals surface area contributed by atoms with Crippen molar-refractivity contribution in [3.63, 3.8) is 0 Å².